The topological polar surface area (TPSA) is 92.3 Å². The van der Waals surface area contributed by atoms with Gasteiger partial charge in [0, 0.05) is 5.69 Å². The lowest BCUT2D eigenvalue weighted by atomic mass is 10.1. The van der Waals surface area contributed by atoms with Gasteiger partial charge in [0.15, 0.2) is 0 Å². The smallest absolute Gasteiger partial charge is 0.261 e. The van der Waals surface area contributed by atoms with Crippen LogP contribution in [0.1, 0.15) is 18.9 Å². The number of hydrogen-bond acceptors (Lipinski definition) is 4. The monoisotopic (exact) mass is 368 g/mol. The van der Waals surface area contributed by atoms with E-state index < -0.39 is 20.0 Å². The van der Waals surface area contributed by atoms with Crippen molar-refractivity contribution in [3.05, 3.63) is 54.1 Å². The van der Waals surface area contributed by atoms with Gasteiger partial charge in [-0.05, 0) is 55.4 Å². The average molecular weight is 368 g/mol. The molecule has 0 aliphatic carbocycles. The van der Waals surface area contributed by atoms with Crippen molar-refractivity contribution in [2.75, 3.05) is 11.8 Å². The van der Waals surface area contributed by atoms with E-state index >= 15 is 0 Å². The number of sulfonamides is 2. The zero-order valence-corrected chi connectivity index (χ0v) is 15.1. The Morgan fingerprint density at radius 2 is 1.29 bits per heavy atom. The summed E-state index contributed by atoms with van der Waals surface area (Å²) >= 11 is 0. The third-order valence-electron chi connectivity index (χ3n) is 3.46. The molecule has 6 nitrogen and oxygen atoms in total. The maximum atomic E-state index is 12.4. The first-order chi connectivity index (χ1) is 11.3. The lowest BCUT2D eigenvalue weighted by Crippen LogP contribution is -2.18. The van der Waals surface area contributed by atoms with Gasteiger partial charge in [-0.3, -0.25) is 4.72 Å². The Morgan fingerprint density at radius 3 is 1.79 bits per heavy atom. The molecule has 0 saturated carbocycles. The van der Waals surface area contributed by atoms with E-state index in [0.717, 1.165) is 18.4 Å². The summed E-state index contributed by atoms with van der Waals surface area (Å²) in [6, 6.07) is 12.2. The Labute approximate surface area is 143 Å². The van der Waals surface area contributed by atoms with Crippen LogP contribution in [0.3, 0.4) is 0 Å². The van der Waals surface area contributed by atoms with E-state index in [4.69, 9.17) is 0 Å². The molecular formula is C16H20N2O4S2. The van der Waals surface area contributed by atoms with Gasteiger partial charge >= 0.3 is 0 Å². The summed E-state index contributed by atoms with van der Waals surface area (Å²) in [5.41, 5.74) is 1.38. The summed E-state index contributed by atoms with van der Waals surface area (Å²) in [4.78, 5) is 0.228. The van der Waals surface area contributed by atoms with Crippen molar-refractivity contribution in [3.8, 4) is 0 Å². The molecule has 24 heavy (non-hydrogen) atoms. The lowest BCUT2D eigenvalue weighted by Gasteiger charge is -2.09. The zero-order chi connectivity index (χ0) is 17.8. The molecule has 0 spiro atoms. The predicted molar refractivity (Wildman–Crippen MR) is 93.9 cm³/mol. The van der Waals surface area contributed by atoms with Crippen LogP contribution in [0.25, 0.3) is 0 Å². The van der Waals surface area contributed by atoms with Crippen LogP contribution in [-0.2, 0) is 26.5 Å². The zero-order valence-electron chi connectivity index (χ0n) is 13.5. The summed E-state index contributed by atoms with van der Waals surface area (Å²) < 4.78 is 52.7. The third kappa shape index (κ3) is 4.34. The molecule has 0 radical (unpaired) electrons. The maximum Gasteiger partial charge on any atom is 0.261 e. The molecule has 0 unspecified atom stereocenters. The predicted octanol–water partition coefficient (Wildman–Crippen LogP) is 2.35. The van der Waals surface area contributed by atoms with E-state index in [-0.39, 0.29) is 9.79 Å². The molecule has 2 aromatic carbocycles. The van der Waals surface area contributed by atoms with Crippen molar-refractivity contribution >= 4 is 25.7 Å². The number of anilines is 1. The van der Waals surface area contributed by atoms with Crippen molar-refractivity contribution in [2.24, 2.45) is 0 Å². The highest BCUT2D eigenvalue weighted by molar-refractivity contribution is 7.92. The van der Waals surface area contributed by atoms with Crippen LogP contribution in [0.4, 0.5) is 5.69 Å². The normalized spacial score (nSPS) is 12.1. The highest BCUT2D eigenvalue weighted by atomic mass is 32.2. The highest BCUT2D eigenvalue weighted by Crippen LogP contribution is 2.19. The van der Waals surface area contributed by atoms with Gasteiger partial charge in [0.25, 0.3) is 10.0 Å². The molecule has 2 rings (SSSR count). The van der Waals surface area contributed by atoms with Gasteiger partial charge in [0.1, 0.15) is 0 Å². The van der Waals surface area contributed by atoms with Crippen LogP contribution in [0.2, 0.25) is 0 Å². The van der Waals surface area contributed by atoms with Gasteiger partial charge in [-0.25, -0.2) is 21.6 Å². The number of rotatable bonds is 7. The van der Waals surface area contributed by atoms with E-state index in [0.29, 0.717) is 5.69 Å². The minimum atomic E-state index is -3.71. The highest BCUT2D eigenvalue weighted by Gasteiger charge is 2.15. The Kier molecular flexibility index (Phi) is 5.63. The summed E-state index contributed by atoms with van der Waals surface area (Å²) in [7, 11) is -5.95. The summed E-state index contributed by atoms with van der Waals surface area (Å²) in [5, 5.41) is 0. The van der Waals surface area contributed by atoms with Crippen molar-refractivity contribution in [1.82, 2.24) is 4.72 Å². The molecule has 0 aliphatic heterocycles. The van der Waals surface area contributed by atoms with Crippen molar-refractivity contribution in [3.63, 3.8) is 0 Å². The minimum Gasteiger partial charge on any atom is -0.280 e. The van der Waals surface area contributed by atoms with Gasteiger partial charge in [-0.2, -0.15) is 0 Å². The first kappa shape index (κ1) is 18.4. The van der Waals surface area contributed by atoms with Gasteiger partial charge in [0.05, 0.1) is 9.79 Å². The van der Waals surface area contributed by atoms with Crippen LogP contribution in [-0.4, -0.2) is 23.9 Å². The van der Waals surface area contributed by atoms with Gasteiger partial charge in [0.2, 0.25) is 10.0 Å². The fraction of sp³-hybridized carbons (Fsp3) is 0.250. The SMILES string of the molecule is CCCc1ccc(S(=O)(=O)Nc2ccc(S(=O)(=O)NC)cc2)cc1. The number of benzene rings is 2. The van der Waals surface area contributed by atoms with Crippen LogP contribution >= 0.6 is 0 Å². The molecule has 2 N–H and O–H groups in total. The molecular weight excluding hydrogens is 348 g/mol. The number of nitrogens with one attached hydrogen (secondary N) is 2. The second-order valence-electron chi connectivity index (χ2n) is 5.23. The fourth-order valence-corrected chi connectivity index (χ4v) is 3.95. The molecule has 0 aliphatic rings. The maximum absolute atomic E-state index is 12.4. The van der Waals surface area contributed by atoms with Crippen molar-refractivity contribution in [1.29, 1.82) is 0 Å². The second kappa shape index (κ2) is 7.33. The van der Waals surface area contributed by atoms with Crippen LogP contribution in [0.5, 0.6) is 0 Å². The minimum absolute atomic E-state index is 0.0665. The molecule has 0 bridgehead atoms. The van der Waals surface area contributed by atoms with E-state index in [1.54, 1.807) is 24.3 Å². The van der Waals surface area contributed by atoms with E-state index in [1.165, 1.54) is 31.3 Å². The standard InChI is InChI=1S/C16H20N2O4S2/c1-3-4-13-5-9-16(10-6-13)24(21,22)18-14-7-11-15(12-8-14)23(19,20)17-2/h5-12,17-18H,3-4H2,1-2H3. The molecule has 0 amide bonds. The van der Waals surface area contributed by atoms with Crippen LogP contribution in [0, 0.1) is 0 Å². The number of aryl methyl sites for hydroxylation is 1. The molecule has 0 heterocycles. The van der Waals surface area contributed by atoms with Crippen LogP contribution in [0.15, 0.2) is 58.3 Å². The molecule has 130 valence electrons. The van der Waals surface area contributed by atoms with Gasteiger partial charge < -0.3 is 0 Å². The Balaban J connectivity index is 2.20. The molecule has 2 aromatic rings. The molecule has 0 saturated heterocycles. The molecule has 0 aromatic heterocycles. The Hall–Kier alpha value is -1.90. The first-order valence-electron chi connectivity index (χ1n) is 7.44. The molecule has 0 atom stereocenters. The Morgan fingerprint density at radius 1 is 0.792 bits per heavy atom. The van der Waals surface area contributed by atoms with Crippen molar-refractivity contribution < 1.29 is 16.8 Å². The summed E-state index contributed by atoms with van der Waals surface area (Å²) in [5.74, 6) is 0. The van der Waals surface area contributed by atoms with E-state index in [1.807, 2.05) is 0 Å². The van der Waals surface area contributed by atoms with Crippen LogP contribution < -0.4 is 9.44 Å². The summed E-state index contributed by atoms with van der Waals surface area (Å²) in [6.45, 7) is 2.06. The second-order valence-corrected chi connectivity index (χ2v) is 8.80. The number of hydrogen-bond donors (Lipinski definition) is 2. The quantitative estimate of drug-likeness (QED) is 0.785. The van der Waals surface area contributed by atoms with Gasteiger partial charge in [-0.1, -0.05) is 25.5 Å². The van der Waals surface area contributed by atoms with Gasteiger partial charge in [-0.15, -0.1) is 0 Å². The van der Waals surface area contributed by atoms with E-state index in [2.05, 4.69) is 16.4 Å². The first-order valence-corrected chi connectivity index (χ1v) is 10.4. The fourth-order valence-electron chi connectivity index (χ4n) is 2.16. The Bertz CT molecular complexity index is 888. The lowest BCUT2D eigenvalue weighted by molar-refractivity contribution is 0.588. The molecule has 8 heteroatoms. The van der Waals surface area contributed by atoms with Crippen molar-refractivity contribution in [2.45, 2.75) is 29.6 Å². The van der Waals surface area contributed by atoms with E-state index in [9.17, 15) is 16.8 Å². The third-order valence-corrected chi connectivity index (χ3v) is 6.29. The largest absolute Gasteiger partial charge is 0.280 e. The molecule has 0 fully saturated rings. The average Bonchev–Trinajstić information content (AvgIpc) is 2.56. The summed E-state index contributed by atoms with van der Waals surface area (Å²) in [6.07, 6.45) is 1.89.